The van der Waals surface area contributed by atoms with Crippen LogP contribution in [0.4, 0.5) is 17.1 Å². The number of hydrogen-bond donors (Lipinski definition) is 0. The second-order valence-corrected chi connectivity index (χ2v) is 16.0. The van der Waals surface area contributed by atoms with Crippen molar-refractivity contribution in [2.45, 2.75) is 0 Å². The van der Waals surface area contributed by atoms with Gasteiger partial charge in [-0.2, -0.15) is 0 Å². The molecule has 0 saturated carbocycles. The van der Waals surface area contributed by atoms with Gasteiger partial charge in [0.15, 0.2) is 0 Å². The Hall–Kier alpha value is -8.34. The number of furan rings is 2. The van der Waals surface area contributed by atoms with Crippen molar-refractivity contribution < 1.29 is 8.83 Å². The van der Waals surface area contributed by atoms with E-state index in [2.05, 4.69) is 216 Å². The largest absolute Gasteiger partial charge is 0.455 e. The molecule has 13 aromatic rings. The number of anilines is 3. The van der Waals surface area contributed by atoms with Gasteiger partial charge in [-0.25, -0.2) is 0 Å². The monoisotopic (exact) mass is 792 g/mol. The van der Waals surface area contributed by atoms with E-state index < -0.39 is 0 Å². The molecule has 0 N–H and O–H groups in total. The topological polar surface area (TPSA) is 34.5 Å². The molecule has 62 heavy (non-hydrogen) atoms. The lowest BCUT2D eigenvalue weighted by Gasteiger charge is -2.27. The number of benzene rings is 10. The number of nitrogens with zero attached hydrogens (tertiary/aromatic N) is 2. The van der Waals surface area contributed by atoms with Crippen LogP contribution >= 0.6 is 0 Å². The first kappa shape index (κ1) is 34.5. The summed E-state index contributed by atoms with van der Waals surface area (Å²) in [6.07, 6.45) is 0. The summed E-state index contributed by atoms with van der Waals surface area (Å²) in [4.78, 5) is 2.39. The van der Waals surface area contributed by atoms with Gasteiger partial charge in [-0.1, -0.05) is 158 Å². The zero-order chi connectivity index (χ0) is 40.7. The molecular weight excluding hydrogens is 757 g/mol. The van der Waals surface area contributed by atoms with Gasteiger partial charge in [-0.3, -0.25) is 0 Å². The third-order valence-corrected chi connectivity index (χ3v) is 12.6. The average Bonchev–Trinajstić information content (AvgIpc) is 4.03. The van der Waals surface area contributed by atoms with Crippen molar-refractivity contribution in [2.24, 2.45) is 0 Å². The zero-order valence-corrected chi connectivity index (χ0v) is 33.5. The Kier molecular flexibility index (Phi) is 7.57. The van der Waals surface area contributed by atoms with Crippen LogP contribution in [0.25, 0.3) is 104 Å². The SMILES string of the molecule is c1ccc(-c2ccc(N(c3ccc(-c4cccc5c4oc4ccccc45)cc3)c3cc4c(oc5cccc(-n6c7ccccc7c7ccccc76)c54)c4ccccc34)cc2)cc1. The van der Waals surface area contributed by atoms with Gasteiger partial charge in [0, 0.05) is 54.6 Å². The van der Waals surface area contributed by atoms with Gasteiger partial charge in [0.25, 0.3) is 0 Å². The summed E-state index contributed by atoms with van der Waals surface area (Å²) < 4.78 is 15.8. The minimum absolute atomic E-state index is 0.851. The minimum Gasteiger partial charge on any atom is -0.455 e. The van der Waals surface area contributed by atoms with Gasteiger partial charge < -0.3 is 18.3 Å². The van der Waals surface area contributed by atoms with Gasteiger partial charge in [0.05, 0.1) is 27.8 Å². The number of rotatable bonds is 6. The summed E-state index contributed by atoms with van der Waals surface area (Å²) in [5, 5.41) is 8.99. The summed E-state index contributed by atoms with van der Waals surface area (Å²) in [7, 11) is 0. The van der Waals surface area contributed by atoms with E-state index in [4.69, 9.17) is 8.83 Å². The molecule has 3 heterocycles. The first-order valence-corrected chi connectivity index (χ1v) is 21.1. The molecule has 4 nitrogen and oxygen atoms in total. The second kappa shape index (κ2) is 13.6. The van der Waals surface area contributed by atoms with Crippen LogP contribution in [0.15, 0.2) is 227 Å². The molecule has 0 fully saturated rings. The van der Waals surface area contributed by atoms with Crippen molar-refractivity contribution in [3.05, 3.63) is 218 Å². The molecule has 0 amide bonds. The molecule has 3 aromatic heterocycles. The predicted octanol–water partition coefficient (Wildman–Crippen LogP) is 16.5. The van der Waals surface area contributed by atoms with Crippen LogP contribution in [0.5, 0.6) is 0 Å². The molecule has 0 saturated heterocycles. The third-order valence-electron chi connectivity index (χ3n) is 12.6. The molecule has 10 aromatic carbocycles. The Morgan fingerprint density at radius 2 is 0.855 bits per heavy atom. The molecule has 13 rings (SSSR count). The fourth-order valence-electron chi connectivity index (χ4n) is 9.79. The van der Waals surface area contributed by atoms with Crippen molar-refractivity contribution in [1.29, 1.82) is 0 Å². The summed E-state index contributed by atoms with van der Waals surface area (Å²) in [5.41, 5.74) is 14.6. The van der Waals surface area contributed by atoms with Crippen molar-refractivity contribution in [3.63, 3.8) is 0 Å². The van der Waals surface area contributed by atoms with E-state index in [0.29, 0.717) is 0 Å². The normalized spacial score (nSPS) is 11.9. The number of aromatic nitrogens is 1. The molecule has 0 aliphatic rings. The van der Waals surface area contributed by atoms with Crippen LogP contribution in [-0.2, 0) is 0 Å². The zero-order valence-electron chi connectivity index (χ0n) is 33.5. The first-order valence-electron chi connectivity index (χ1n) is 21.1. The lowest BCUT2D eigenvalue weighted by atomic mass is 9.99. The summed E-state index contributed by atoms with van der Waals surface area (Å²) in [6, 6.07) is 77.9. The van der Waals surface area contributed by atoms with Crippen LogP contribution in [0.3, 0.4) is 0 Å². The van der Waals surface area contributed by atoms with E-state index in [-0.39, 0.29) is 0 Å². The standard InChI is InChI=1S/C58H36N2O2/c1-2-14-37(15-3-1)38-28-32-40(33-29-38)59(41-34-30-39(31-35-41)42-21-12-22-48-46-19-8-11-26-54(46)61-57(42)48)53-36-49-56-52(25-13-27-55(56)62-58(49)47-20-5-4-18-45(47)53)60-50-23-9-6-16-43(50)44-17-7-10-24-51(44)60/h1-36H. The fourth-order valence-corrected chi connectivity index (χ4v) is 9.79. The summed E-state index contributed by atoms with van der Waals surface area (Å²) >= 11 is 0. The molecule has 0 unspecified atom stereocenters. The molecule has 0 bridgehead atoms. The number of hydrogen-bond acceptors (Lipinski definition) is 3. The van der Waals surface area contributed by atoms with E-state index in [1.807, 2.05) is 12.1 Å². The fraction of sp³-hybridized carbons (Fsp3) is 0. The van der Waals surface area contributed by atoms with E-state index >= 15 is 0 Å². The highest BCUT2D eigenvalue weighted by Crippen LogP contribution is 2.47. The maximum Gasteiger partial charge on any atom is 0.143 e. The minimum atomic E-state index is 0.851. The summed E-state index contributed by atoms with van der Waals surface area (Å²) in [6.45, 7) is 0. The molecule has 4 heteroatoms. The summed E-state index contributed by atoms with van der Waals surface area (Å²) in [5.74, 6) is 0. The quantitative estimate of drug-likeness (QED) is 0.168. The Balaban J connectivity index is 1.05. The smallest absolute Gasteiger partial charge is 0.143 e. The lowest BCUT2D eigenvalue weighted by molar-refractivity contribution is 0.670. The molecular formula is C58H36N2O2. The number of para-hydroxylation sites is 4. The average molecular weight is 793 g/mol. The Bertz CT molecular complexity index is 3800. The highest BCUT2D eigenvalue weighted by molar-refractivity contribution is 6.22. The van der Waals surface area contributed by atoms with Crippen molar-refractivity contribution in [2.75, 3.05) is 4.90 Å². The van der Waals surface area contributed by atoms with Crippen molar-refractivity contribution in [3.8, 4) is 27.9 Å². The van der Waals surface area contributed by atoms with E-state index in [1.165, 1.54) is 21.9 Å². The predicted molar refractivity (Wildman–Crippen MR) is 258 cm³/mol. The molecule has 290 valence electrons. The van der Waals surface area contributed by atoms with Crippen LogP contribution in [0, 0.1) is 0 Å². The third kappa shape index (κ3) is 5.20. The molecule has 0 spiro atoms. The Morgan fingerprint density at radius 1 is 0.339 bits per heavy atom. The van der Waals surface area contributed by atoms with Crippen LogP contribution in [0.1, 0.15) is 0 Å². The van der Waals surface area contributed by atoms with E-state index in [1.54, 1.807) is 0 Å². The molecule has 0 aliphatic carbocycles. The number of fused-ring (bicyclic) bond motifs is 11. The van der Waals surface area contributed by atoms with Gasteiger partial charge in [-0.05, 0) is 77.4 Å². The van der Waals surface area contributed by atoms with Gasteiger partial charge in [0.2, 0.25) is 0 Å². The molecule has 0 radical (unpaired) electrons. The van der Waals surface area contributed by atoms with Crippen LogP contribution < -0.4 is 4.90 Å². The lowest BCUT2D eigenvalue weighted by Crippen LogP contribution is -2.10. The molecule has 0 atom stereocenters. The highest BCUT2D eigenvalue weighted by atomic mass is 16.3. The first-order chi connectivity index (χ1) is 30.8. The van der Waals surface area contributed by atoms with Gasteiger partial charge >= 0.3 is 0 Å². The maximum absolute atomic E-state index is 6.92. The Morgan fingerprint density at radius 3 is 1.58 bits per heavy atom. The highest BCUT2D eigenvalue weighted by Gasteiger charge is 2.23. The second-order valence-electron chi connectivity index (χ2n) is 16.0. The maximum atomic E-state index is 6.92. The van der Waals surface area contributed by atoms with Crippen LogP contribution in [-0.4, -0.2) is 4.57 Å². The van der Waals surface area contributed by atoms with Gasteiger partial charge in [-0.15, -0.1) is 0 Å². The van der Waals surface area contributed by atoms with Crippen LogP contribution in [0.2, 0.25) is 0 Å². The Labute approximate surface area is 356 Å². The van der Waals surface area contributed by atoms with E-state index in [0.717, 1.165) is 99.6 Å². The van der Waals surface area contributed by atoms with Crippen molar-refractivity contribution >= 4 is 93.5 Å². The van der Waals surface area contributed by atoms with Crippen molar-refractivity contribution in [1.82, 2.24) is 4.57 Å². The van der Waals surface area contributed by atoms with E-state index in [9.17, 15) is 0 Å². The molecule has 0 aliphatic heterocycles. The van der Waals surface area contributed by atoms with Gasteiger partial charge in [0.1, 0.15) is 22.3 Å².